The van der Waals surface area contributed by atoms with Crippen molar-refractivity contribution in [2.45, 2.75) is 26.3 Å². The van der Waals surface area contributed by atoms with E-state index in [1.807, 2.05) is 49.1 Å². The monoisotopic (exact) mass is 538 g/mol. The first-order chi connectivity index (χ1) is 17.8. The molecule has 1 aromatic heterocycles. The molecule has 2 aromatic carbocycles. The van der Waals surface area contributed by atoms with Crippen LogP contribution in [0.4, 0.5) is 11.6 Å². The number of hydrogen-bond donors (Lipinski definition) is 1. The van der Waals surface area contributed by atoms with E-state index in [1.54, 1.807) is 42.7 Å². The largest absolute Gasteiger partial charge is 0.467 e. The van der Waals surface area contributed by atoms with E-state index >= 15 is 0 Å². The summed E-state index contributed by atoms with van der Waals surface area (Å²) in [7, 11) is 1.27. The van der Waals surface area contributed by atoms with Crippen LogP contribution in [0.1, 0.15) is 36.2 Å². The van der Waals surface area contributed by atoms with Crippen molar-refractivity contribution < 1.29 is 14.3 Å². The standard InChI is InChI=1S/C28H28Cl2N4O3/c1-19(2)15-18-34(28-31-16-6-17-32-28)21-13-11-20(12-14-21)7-4-10-24(27(36)37-3)33-26(35)25-22(29)8-5-9-23(25)30/h4-9,11-17,24H,10,18H2,1-3H3,(H,33,35)/b7-4+. The van der Waals surface area contributed by atoms with E-state index in [4.69, 9.17) is 27.9 Å². The zero-order valence-electron chi connectivity index (χ0n) is 20.8. The predicted octanol–water partition coefficient (Wildman–Crippen LogP) is 6.26. The molecular weight excluding hydrogens is 511 g/mol. The normalized spacial score (nSPS) is 11.6. The number of esters is 1. The Morgan fingerprint density at radius 1 is 1.03 bits per heavy atom. The second-order valence-corrected chi connectivity index (χ2v) is 9.13. The lowest BCUT2D eigenvalue weighted by Gasteiger charge is -2.21. The third-order valence-electron chi connectivity index (χ3n) is 5.34. The van der Waals surface area contributed by atoms with Crippen molar-refractivity contribution in [3.05, 3.63) is 99.8 Å². The van der Waals surface area contributed by atoms with Crippen LogP contribution in [0.15, 0.2) is 78.6 Å². The average molecular weight is 539 g/mol. The minimum absolute atomic E-state index is 0.111. The van der Waals surface area contributed by atoms with Crippen molar-refractivity contribution in [1.82, 2.24) is 15.3 Å². The van der Waals surface area contributed by atoms with Crippen LogP contribution in [0.25, 0.3) is 6.08 Å². The maximum absolute atomic E-state index is 12.7. The summed E-state index contributed by atoms with van der Waals surface area (Å²) in [6, 6.07) is 13.5. The fourth-order valence-corrected chi connectivity index (χ4v) is 3.98. The minimum Gasteiger partial charge on any atom is -0.467 e. The quantitative estimate of drug-likeness (QED) is 0.242. The molecule has 0 saturated carbocycles. The summed E-state index contributed by atoms with van der Waals surface area (Å²) in [5.74, 6) is -0.517. The number of carbonyl (C=O) groups excluding carboxylic acids is 2. The molecule has 1 atom stereocenters. The number of ether oxygens (including phenoxy) is 1. The maximum atomic E-state index is 12.7. The van der Waals surface area contributed by atoms with Gasteiger partial charge in [0, 0.05) is 24.6 Å². The number of rotatable bonds is 10. The molecule has 3 rings (SSSR count). The van der Waals surface area contributed by atoms with Crippen LogP contribution in [0.3, 0.4) is 0 Å². The van der Waals surface area contributed by atoms with Gasteiger partial charge >= 0.3 is 5.97 Å². The van der Waals surface area contributed by atoms with Crippen molar-refractivity contribution >= 4 is 52.8 Å². The number of amides is 1. The lowest BCUT2D eigenvalue weighted by Crippen LogP contribution is -2.41. The molecule has 9 heteroatoms. The first-order valence-corrected chi connectivity index (χ1v) is 12.3. The number of allylic oxidation sites excluding steroid dienone is 1. The summed E-state index contributed by atoms with van der Waals surface area (Å²) in [5.41, 5.74) is 3.17. The van der Waals surface area contributed by atoms with Gasteiger partial charge in [0.1, 0.15) is 6.04 Å². The topological polar surface area (TPSA) is 84.4 Å². The van der Waals surface area contributed by atoms with Gasteiger partial charge in [0.25, 0.3) is 5.91 Å². The fourth-order valence-electron chi connectivity index (χ4n) is 3.41. The van der Waals surface area contributed by atoms with E-state index in [-0.39, 0.29) is 22.0 Å². The molecule has 0 fully saturated rings. The first kappa shape index (κ1) is 27.9. The molecular formula is C28H28Cl2N4O3. The van der Waals surface area contributed by atoms with Gasteiger partial charge in [-0.3, -0.25) is 4.79 Å². The SMILES string of the molecule is COC(=O)C(C/C=C/c1ccc(N(CC=C(C)C)c2ncccn2)cc1)NC(=O)c1c(Cl)cccc1Cl. The smallest absolute Gasteiger partial charge is 0.328 e. The molecule has 7 nitrogen and oxygen atoms in total. The van der Waals surface area contributed by atoms with Gasteiger partial charge in [-0.15, -0.1) is 0 Å². The summed E-state index contributed by atoms with van der Waals surface area (Å²) in [5, 5.41) is 3.05. The maximum Gasteiger partial charge on any atom is 0.328 e. The Morgan fingerprint density at radius 3 is 2.27 bits per heavy atom. The summed E-state index contributed by atoms with van der Waals surface area (Å²) >= 11 is 12.2. The average Bonchev–Trinajstić information content (AvgIpc) is 2.89. The zero-order valence-corrected chi connectivity index (χ0v) is 22.3. The summed E-state index contributed by atoms with van der Waals surface area (Å²) < 4.78 is 4.86. The number of methoxy groups -OCH3 is 1. The van der Waals surface area contributed by atoms with E-state index in [1.165, 1.54) is 12.7 Å². The first-order valence-electron chi connectivity index (χ1n) is 11.6. The second-order valence-electron chi connectivity index (χ2n) is 8.32. The van der Waals surface area contributed by atoms with Gasteiger partial charge in [0.15, 0.2) is 0 Å². The van der Waals surface area contributed by atoms with E-state index in [0.717, 1.165) is 11.3 Å². The molecule has 1 heterocycles. The Hall–Kier alpha value is -3.68. The van der Waals surface area contributed by atoms with E-state index in [9.17, 15) is 9.59 Å². The molecule has 1 unspecified atom stereocenters. The predicted molar refractivity (Wildman–Crippen MR) is 148 cm³/mol. The van der Waals surface area contributed by atoms with Crippen LogP contribution in [0.2, 0.25) is 10.0 Å². The number of nitrogens with one attached hydrogen (secondary N) is 1. The second kappa shape index (κ2) is 13.6. The van der Waals surface area contributed by atoms with Gasteiger partial charge < -0.3 is 15.0 Å². The van der Waals surface area contributed by atoms with Crippen molar-refractivity contribution in [2.75, 3.05) is 18.6 Å². The Kier molecular flexibility index (Phi) is 10.2. The van der Waals surface area contributed by atoms with Crippen molar-refractivity contribution in [1.29, 1.82) is 0 Å². The molecule has 37 heavy (non-hydrogen) atoms. The van der Waals surface area contributed by atoms with Crippen LogP contribution in [0.5, 0.6) is 0 Å². The Bertz CT molecular complexity index is 1250. The third-order valence-corrected chi connectivity index (χ3v) is 5.97. The van der Waals surface area contributed by atoms with Crippen LogP contribution in [0, 0.1) is 0 Å². The van der Waals surface area contributed by atoms with Gasteiger partial charge in [0.2, 0.25) is 5.95 Å². The third kappa shape index (κ3) is 7.90. The van der Waals surface area contributed by atoms with Crippen molar-refractivity contribution in [3.63, 3.8) is 0 Å². The highest BCUT2D eigenvalue weighted by atomic mass is 35.5. The molecule has 0 aliphatic carbocycles. The number of nitrogens with zero attached hydrogens (tertiary/aromatic N) is 3. The molecule has 1 amide bonds. The van der Waals surface area contributed by atoms with Gasteiger partial charge in [-0.1, -0.05) is 65.2 Å². The molecule has 0 saturated heterocycles. The van der Waals surface area contributed by atoms with Crippen molar-refractivity contribution in [3.8, 4) is 0 Å². The molecule has 0 aliphatic heterocycles. The highest BCUT2D eigenvalue weighted by Crippen LogP contribution is 2.25. The summed E-state index contributed by atoms with van der Waals surface area (Å²) in [4.78, 5) is 35.8. The number of halogens is 2. The van der Waals surface area contributed by atoms with Gasteiger partial charge in [-0.25, -0.2) is 14.8 Å². The lowest BCUT2D eigenvalue weighted by molar-refractivity contribution is -0.142. The number of anilines is 2. The van der Waals surface area contributed by atoms with E-state index < -0.39 is 17.9 Å². The van der Waals surface area contributed by atoms with Crippen molar-refractivity contribution in [2.24, 2.45) is 0 Å². The number of carbonyl (C=O) groups is 2. The number of hydrogen-bond acceptors (Lipinski definition) is 6. The molecule has 0 spiro atoms. The molecule has 0 bridgehead atoms. The highest BCUT2D eigenvalue weighted by molar-refractivity contribution is 6.39. The number of aromatic nitrogens is 2. The molecule has 1 N–H and O–H groups in total. The molecule has 3 aromatic rings. The number of benzene rings is 2. The highest BCUT2D eigenvalue weighted by Gasteiger charge is 2.23. The van der Waals surface area contributed by atoms with Crippen LogP contribution >= 0.6 is 23.2 Å². The Labute approximate surface area is 226 Å². The Morgan fingerprint density at radius 2 is 1.68 bits per heavy atom. The zero-order chi connectivity index (χ0) is 26.8. The summed E-state index contributed by atoms with van der Waals surface area (Å²) in [6.45, 7) is 4.73. The van der Waals surface area contributed by atoms with Gasteiger partial charge in [-0.2, -0.15) is 0 Å². The van der Waals surface area contributed by atoms with Crippen LogP contribution in [-0.2, 0) is 9.53 Å². The lowest BCUT2D eigenvalue weighted by atomic mass is 10.1. The van der Waals surface area contributed by atoms with Crippen LogP contribution < -0.4 is 10.2 Å². The fraction of sp³-hybridized carbons (Fsp3) is 0.214. The molecule has 0 radical (unpaired) electrons. The van der Waals surface area contributed by atoms with Crippen LogP contribution in [-0.4, -0.2) is 41.5 Å². The molecule has 0 aliphatic rings. The van der Waals surface area contributed by atoms with Gasteiger partial charge in [-0.05, 0) is 56.2 Å². The van der Waals surface area contributed by atoms with E-state index in [2.05, 4.69) is 21.4 Å². The summed E-state index contributed by atoms with van der Waals surface area (Å²) in [6.07, 6.45) is 9.42. The minimum atomic E-state index is -0.907. The van der Waals surface area contributed by atoms with Gasteiger partial charge in [0.05, 0.1) is 22.7 Å². The Balaban J connectivity index is 1.72. The molecule has 192 valence electrons. The van der Waals surface area contributed by atoms with E-state index in [0.29, 0.717) is 12.5 Å².